The van der Waals surface area contributed by atoms with Crippen molar-refractivity contribution in [3.63, 3.8) is 0 Å². The molecule has 156 valence electrons. The summed E-state index contributed by atoms with van der Waals surface area (Å²) in [6.07, 6.45) is 1.24. The second kappa shape index (κ2) is 7.64. The molecule has 1 fully saturated rings. The van der Waals surface area contributed by atoms with Crippen molar-refractivity contribution < 1.29 is 18.0 Å². The lowest BCUT2D eigenvalue weighted by Gasteiger charge is -2.17. The maximum absolute atomic E-state index is 12.7. The largest absolute Gasteiger partial charge is 0.312 e. The average Bonchev–Trinajstić information content (AvgIpc) is 3.25. The number of aryl methyl sites for hydroxylation is 1. The fourth-order valence-electron chi connectivity index (χ4n) is 3.28. The third-order valence-corrected chi connectivity index (χ3v) is 7.43. The summed E-state index contributed by atoms with van der Waals surface area (Å²) >= 11 is 7.36. The van der Waals surface area contributed by atoms with E-state index >= 15 is 0 Å². The zero-order chi connectivity index (χ0) is 21.6. The van der Waals surface area contributed by atoms with Gasteiger partial charge in [-0.05, 0) is 42.8 Å². The van der Waals surface area contributed by atoms with E-state index in [0.717, 1.165) is 11.8 Å². The summed E-state index contributed by atoms with van der Waals surface area (Å²) in [6.45, 7) is 2.14. The lowest BCUT2D eigenvalue weighted by Crippen LogP contribution is -2.28. The number of benzene rings is 2. The minimum Gasteiger partial charge on any atom is -0.312 e. The van der Waals surface area contributed by atoms with Crippen molar-refractivity contribution in [1.29, 1.82) is 0 Å². The van der Waals surface area contributed by atoms with Crippen LogP contribution in [0.4, 0.5) is 10.8 Å². The van der Waals surface area contributed by atoms with Crippen LogP contribution < -0.4 is 10.2 Å². The molecular formula is C20H18ClN3O4S2. The summed E-state index contributed by atoms with van der Waals surface area (Å²) in [6, 6.07) is 10.0. The van der Waals surface area contributed by atoms with Crippen LogP contribution in [0.2, 0.25) is 5.02 Å². The molecule has 1 atom stereocenters. The van der Waals surface area contributed by atoms with Crippen LogP contribution in [0.3, 0.4) is 0 Å². The average molecular weight is 464 g/mol. The molecule has 1 N–H and O–H groups in total. The minimum absolute atomic E-state index is 0.0977. The number of hydrogen-bond donors (Lipinski definition) is 1. The molecule has 1 unspecified atom stereocenters. The van der Waals surface area contributed by atoms with E-state index in [2.05, 4.69) is 10.3 Å². The molecule has 0 radical (unpaired) electrons. The Morgan fingerprint density at radius 1 is 1.27 bits per heavy atom. The van der Waals surface area contributed by atoms with Crippen LogP contribution in [0.1, 0.15) is 12.0 Å². The highest BCUT2D eigenvalue weighted by Gasteiger charge is 2.35. The van der Waals surface area contributed by atoms with Gasteiger partial charge >= 0.3 is 0 Å². The van der Waals surface area contributed by atoms with Gasteiger partial charge in [0.25, 0.3) is 0 Å². The molecular weight excluding hydrogens is 446 g/mol. The minimum atomic E-state index is -3.33. The Bertz CT molecular complexity index is 1290. The molecule has 0 bridgehead atoms. The summed E-state index contributed by atoms with van der Waals surface area (Å²) < 4.78 is 24.1. The van der Waals surface area contributed by atoms with Gasteiger partial charge in [0.15, 0.2) is 15.0 Å². The molecule has 0 spiro atoms. The SMILES string of the molecule is Cc1ccc(N2CC(C(=O)Nc3nc4ccc(S(C)(=O)=O)cc4s3)CC2=O)cc1Cl. The predicted octanol–water partition coefficient (Wildman–Crippen LogP) is 3.65. The van der Waals surface area contributed by atoms with Crippen molar-refractivity contribution in [2.24, 2.45) is 5.92 Å². The van der Waals surface area contributed by atoms with Crippen molar-refractivity contribution in [3.8, 4) is 0 Å². The van der Waals surface area contributed by atoms with E-state index in [1.165, 1.54) is 17.4 Å². The zero-order valence-electron chi connectivity index (χ0n) is 16.2. The van der Waals surface area contributed by atoms with Crippen molar-refractivity contribution >= 4 is 65.6 Å². The van der Waals surface area contributed by atoms with Crippen LogP contribution in [-0.2, 0) is 19.4 Å². The Balaban J connectivity index is 1.50. The first-order valence-electron chi connectivity index (χ1n) is 9.10. The van der Waals surface area contributed by atoms with Crippen molar-refractivity contribution in [3.05, 3.63) is 47.0 Å². The van der Waals surface area contributed by atoms with Crippen LogP contribution >= 0.6 is 22.9 Å². The highest BCUT2D eigenvalue weighted by Crippen LogP contribution is 2.31. The lowest BCUT2D eigenvalue weighted by molar-refractivity contribution is -0.122. The molecule has 0 aliphatic carbocycles. The standard InChI is InChI=1S/C20H18ClN3O4S2/c1-11-3-4-13(8-15(11)21)24-10-12(7-18(24)25)19(26)23-20-22-16-6-5-14(30(2,27)28)9-17(16)29-20/h3-6,8-9,12H,7,10H2,1-2H3,(H,22,23,26). The Morgan fingerprint density at radius 2 is 2.03 bits per heavy atom. The van der Waals surface area contributed by atoms with E-state index in [0.29, 0.717) is 26.1 Å². The number of fused-ring (bicyclic) bond motifs is 1. The number of carbonyl (C=O) groups is 2. The van der Waals surface area contributed by atoms with Crippen LogP contribution in [0.15, 0.2) is 41.3 Å². The molecule has 2 amide bonds. The summed E-state index contributed by atoms with van der Waals surface area (Å²) in [4.78, 5) is 31.3. The zero-order valence-corrected chi connectivity index (χ0v) is 18.6. The molecule has 1 aliphatic heterocycles. The summed E-state index contributed by atoms with van der Waals surface area (Å²) in [7, 11) is -3.33. The summed E-state index contributed by atoms with van der Waals surface area (Å²) in [5, 5.41) is 3.69. The van der Waals surface area contributed by atoms with Crippen molar-refractivity contribution in [1.82, 2.24) is 4.98 Å². The van der Waals surface area contributed by atoms with E-state index in [4.69, 9.17) is 11.6 Å². The van der Waals surface area contributed by atoms with Crippen LogP contribution in [0.5, 0.6) is 0 Å². The lowest BCUT2D eigenvalue weighted by atomic mass is 10.1. The van der Waals surface area contributed by atoms with Crippen LogP contribution in [-0.4, -0.2) is 38.0 Å². The first kappa shape index (κ1) is 20.8. The van der Waals surface area contributed by atoms with Crippen LogP contribution in [0.25, 0.3) is 10.2 Å². The monoisotopic (exact) mass is 463 g/mol. The molecule has 1 aromatic heterocycles. The van der Waals surface area contributed by atoms with Gasteiger partial charge in [0, 0.05) is 29.9 Å². The Labute approximate surface area is 182 Å². The predicted molar refractivity (Wildman–Crippen MR) is 118 cm³/mol. The second-order valence-corrected chi connectivity index (χ2v) is 10.7. The smallest absolute Gasteiger partial charge is 0.231 e. The van der Waals surface area contributed by atoms with Crippen molar-refractivity contribution in [2.75, 3.05) is 23.0 Å². The van der Waals surface area contributed by atoms with Gasteiger partial charge in [0.2, 0.25) is 11.8 Å². The topological polar surface area (TPSA) is 96.4 Å². The summed E-state index contributed by atoms with van der Waals surface area (Å²) in [5.41, 5.74) is 2.18. The Kier molecular flexibility index (Phi) is 5.29. The van der Waals surface area contributed by atoms with E-state index in [9.17, 15) is 18.0 Å². The Morgan fingerprint density at radius 3 is 2.73 bits per heavy atom. The van der Waals surface area contributed by atoms with Crippen LogP contribution in [0, 0.1) is 12.8 Å². The normalized spacial score (nSPS) is 17.0. The fraction of sp³-hybridized carbons (Fsp3) is 0.250. The van der Waals surface area contributed by atoms with Gasteiger partial charge in [-0.3, -0.25) is 9.59 Å². The second-order valence-electron chi connectivity index (χ2n) is 7.25. The van der Waals surface area contributed by atoms with E-state index < -0.39 is 15.8 Å². The number of anilines is 2. The van der Waals surface area contributed by atoms with E-state index in [-0.39, 0.29) is 29.7 Å². The van der Waals surface area contributed by atoms with Crippen molar-refractivity contribution in [2.45, 2.75) is 18.2 Å². The fourth-order valence-corrected chi connectivity index (χ4v) is 5.08. The highest BCUT2D eigenvalue weighted by molar-refractivity contribution is 7.90. The molecule has 3 aromatic rings. The number of nitrogens with zero attached hydrogens (tertiary/aromatic N) is 2. The van der Waals surface area contributed by atoms with Gasteiger partial charge in [-0.2, -0.15) is 0 Å². The van der Waals surface area contributed by atoms with Gasteiger partial charge < -0.3 is 10.2 Å². The number of nitrogens with one attached hydrogen (secondary N) is 1. The molecule has 30 heavy (non-hydrogen) atoms. The number of sulfone groups is 1. The van der Waals surface area contributed by atoms with Gasteiger partial charge in [-0.1, -0.05) is 29.0 Å². The summed E-state index contributed by atoms with van der Waals surface area (Å²) in [5.74, 6) is -0.959. The van der Waals surface area contributed by atoms with E-state index in [1.807, 2.05) is 19.1 Å². The number of aromatic nitrogens is 1. The number of thiazole rings is 1. The molecule has 0 saturated carbocycles. The molecule has 1 saturated heterocycles. The maximum Gasteiger partial charge on any atom is 0.231 e. The number of hydrogen-bond acceptors (Lipinski definition) is 6. The molecule has 2 aromatic carbocycles. The molecule has 1 aliphatic rings. The number of amides is 2. The molecule has 2 heterocycles. The number of carbonyl (C=O) groups excluding carboxylic acids is 2. The quantitative estimate of drug-likeness (QED) is 0.637. The molecule has 7 nitrogen and oxygen atoms in total. The Hall–Kier alpha value is -2.49. The third-order valence-electron chi connectivity index (χ3n) is 4.98. The first-order valence-corrected chi connectivity index (χ1v) is 12.2. The van der Waals surface area contributed by atoms with Gasteiger partial charge in [0.1, 0.15) is 0 Å². The highest BCUT2D eigenvalue weighted by atomic mass is 35.5. The molecule has 10 heteroatoms. The van der Waals surface area contributed by atoms with E-state index in [1.54, 1.807) is 23.1 Å². The number of halogens is 1. The molecule has 4 rings (SSSR count). The van der Waals surface area contributed by atoms with Gasteiger partial charge in [-0.25, -0.2) is 13.4 Å². The third kappa shape index (κ3) is 4.05. The first-order chi connectivity index (χ1) is 14.1. The maximum atomic E-state index is 12.7. The van der Waals surface area contributed by atoms with Gasteiger partial charge in [-0.15, -0.1) is 0 Å². The number of rotatable bonds is 4. The van der Waals surface area contributed by atoms with Gasteiger partial charge in [0.05, 0.1) is 21.0 Å².